The molecule has 6 nitrogen and oxygen atoms in total. The van der Waals surface area contributed by atoms with Crippen molar-refractivity contribution in [1.29, 1.82) is 0 Å². The number of H-pyrrole nitrogens is 1. The van der Waals surface area contributed by atoms with Crippen molar-refractivity contribution in [3.8, 4) is 28.0 Å². The van der Waals surface area contributed by atoms with E-state index in [9.17, 15) is 12.8 Å². The predicted molar refractivity (Wildman–Crippen MR) is 129 cm³/mol. The highest BCUT2D eigenvalue weighted by atomic mass is 32.2. The summed E-state index contributed by atoms with van der Waals surface area (Å²) in [5.41, 5.74) is 4.34. The average molecular weight is 474 g/mol. The monoisotopic (exact) mass is 473 g/mol. The second kappa shape index (κ2) is 8.74. The summed E-state index contributed by atoms with van der Waals surface area (Å²) in [7, 11) is -3.84. The van der Waals surface area contributed by atoms with E-state index in [2.05, 4.69) is 9.97 Å². The number of nitrogens with two attached hydrogens (primary N) is 1. The number of pyridine rings is 1. The number of ether oxygens (including phenoxy) is 1. The van der Waals surface area contributed by atoms with Crippen LogP contribution >= 0.6 is 0 Å². The fourth-order valence-corrected chi connectivity index (χ4v) is 4.35. The highest BCUT2D eigenvalue weighted by Crippen LogP contribution is 2.33. The summed E-state index contributed by atoms with van der Waals surface area (Å²) in [6.07, 6.45) is 3.41. The summed E-state index contributed by atoms with van der Waals surface area (Å²) in [5.74, 6) is -0.00935. The molecular formula is C26H20FN3O3S. The van der Waals surface area contributed by atoms with Gasteiger partial charge in [-0.3, -0.25) is 0 Å². The first-order valence-corrected chi connectivity index (χ1v) is 12.0. The molecule has 34 heavy (non-hydrogen) atoms. The molecule has 5 aromatic rings. The maximum Gasteiger partial charge on any atom is 0.238 e. The lowest BCUT2D eigenvalue weighted by molar-refractivity contribution is 0.305. The van der Waals surface area contributed by atoms with Gasteiger partial charge in [0.1, 0.15) is 23.8 Å². The van der Waals surface area contributed by atoms with Gasteiger partial charge in [-0.05, 0) is 47.0 Å². The SMILES string of the molecule is NS(=O)(=O)c1cccc(-c2c[nH]c3ncc(-c4cc(F)cc(OCc5ccccc5)c4)cc23)c1. The number of fused-ring (bicyclic) bond motifs is 1. The molecule has 3 N–H and O–H groups in total. The smallest absolute Gasteiger partial charge is 0.238 e. The number of aromatic amines is 1. The van der Waals surface area contributed by atoms with Crippen LogP contribution in [0, 0.1) is 5.82 Å². The molecule has 0 unspecified atom stereocenters. The maximum atomic E-state index is 14.4. The molecule has 170 valence electrons. The van der Waals surface area contributed by atoms with Gasteiger partial charge in [-0.1, -0.05) is 42.5 Å². The van der Waals surface area contributed by atoms with Gasteiger partial charge in [0.2, 0.25) is 10.0 Å². The van der Waals surface area contributed by atoms with Gasteiger partial charge in [0, 0.05) is 35.0 Å². The van der Waals surface area contributed by atoms with Crippen LogP contribution in [0.25, 0.3) is 33.3 Å². The van der Waals surface area contributed by atoms with Crippen molar-refractivity contribution in [3.05, 3.63) is 103 Å². The lowest BCUT2D eigenvalue weighted by atomic mass is 10.0. The Balaban J connectivity index is 1.51. The van der Waals surface area contributed by atoms with Gasteiger partial charge >= 0.3 is 0 Å². The first-order valence-electron chi connectivity index (χ1n) is 10.4. The van der Waals surface area contributed by atoms with Gasteiger partial charge in [-0.15, -0.1) is 0 Å². The molecule has 2 heterocycles. The van der Waals surface area contributed by atoms with Crippen LogP contribution in [0.2, 0.25) is 0 Å². The molecule has 0 atom stereocenters. The number of benzene rings is 3. The van der Waals surface area contributed by atoms with Gasteiger partial charge in [-0.25, -0.2) is 22.9 Å². The molecule has 0 saturated carbocycles. The molecular weight excluding hydrogens is 453 g/mol. The van der Waals surface area contributed by atoms with E-state index in [1.165, 1.54) is 24.3 Å². The van der Waals surface area contributed by atoms with E-state index in [-0.39, 0.29) is 4.90 Å². The van der Waals surface area contributed by atoms with Crippen molar-refractivity contribution >= 4 is 21.1 Å². The fourth-order valence-electron chi connectivity index (χ4n) is 3.79. The van der Waals surface area contributed by atoms with Crippen LogP contribution in [-0.2, 0) is 16.6 Å². The Kier molecular flexibility index (Phi) is 5.61. The van der Waals surface area contributed by atoms with E-state index in [0.29, 0.717) is 34.7 Å². The number of halogens is 1. The number of nitrogens with zero attached hydrogens (tertiary/aromatic N) is 1. The van der Waals surface area contributed by atoms with Crippen LogP contribution in [0.15, 0.2) is 96.2 Å². The molecule has 0 amide bonds. The minimum Gasteiger partial charge on any atom is -0.489 e. The van der Waals surface area contributed by atoms with Crippen LogP contribution in [0.1, 0.15) is 5.56 Å². The van der Waals surface area contributed by atoms with Gasteiger partial charge < -0.3 is 9.72 Å². The fraction of sp³-hybridized carbons (Fsp3) is 0.0385. The molecule has 0 saturated heterocycles. The van der Waals surface area contributed by atoms with E-state index in [1.807, 2.05) is 36.4 Å². The summed E-state index contributed by atoms with van der Waals surface area (Å²) < 4.78 is 43.8. The average Bonchev–Trinajstić information content (AvgIpc) is 3.26. The minimum atomic E-state index is -3.84. The van der Waals surface area contributed by atoms with E-state index < -0.39 is 15.8 Å². The third-order valence-corrected chi connectivity index (χ3v) is 6.37. The van der Waals surface area contributed by atoms with E-state index in [1.54, 1.807) is 30.6 Å². The number of hydrogen-bond acceptors (Lipinski definition) is 4. The van der Waals surface area contributed by atoms with Crippen molar-refractivity contribution in [1.82, 2.24) is 9.97 Å². The number of rotatable bonds is 6. The minimum absolute atomic E-state index is 0.0220. The summed E-state index contributed by atoms with van der Waals surface area (Å²) in [4.78, 5) is 7.58. The molecule has 0 bridgehead atoms. The first-order chi connectivity index (χ1) is 16.4. The molecule has 0 fully saturated rings. The van der Waals surface area contributed by atoms with Crippen LogP contribution in [0.4, 0.5) is 4.39 Å². The zero-order valence-corrected chi connectivity index (χ0v) is 18.7. The molecule has 0 aliphatic heterocycles. The number of nitrogens with one attached hydrogen (secondary N) is 1. The summed E-state index contributed by atoms with van der Waals surface area (Å²) in [6.45, 7) is 0.323. The molecule has 0 aliphatic carbocycles. The lowest BCUT2D eigenvalue weighted by Gasteiger charge is -2.10. The zero-order chi connectivity index (χ0) is 23.7. The summed E-state index contributed by atoms with van der Waals surface area (Å²) >= 11 is 0. The van der Waals surface area contributed by atoms with Crippen LogP contribution in [0.5, 0.6) is 5.75 Å². The molecule has 0 radical (unpaired) electrons. The molecule has 8 heteroatoms. The number of hydrogen-bond donors (Lipinski definition) is 2. The van der Waals surface area contributed by atoms with Crippen molar-refractivity contribution in [2.45, 2.75) is 11.5 Å². The number of primary sulfonamides is 1. The second-order valence-corrected chi connectivity index (χ2v) is 9.41. The summed E-state index contributed by atoms with van der Waals surface area (Å²) in [6, 6.07) is 22.5. The normalized spacial score (nSPS) is 11.6. The van der Waals surface area contributed by atoms with E-state index in [4.69, 9.17) is 9.88 Å². The molecule has 0 aliphatic rings. The molecule has 5 rings (SSSR count). The third kappa shape index (κ3) is 4.54. The Morgan fingerprint density at radius 2 is 1.74 bits per heavy atom. The Hall–Kier alpha value is -4.01. The summed E-state index contributed by atoms with van der Waals surface area (Å²) in [5, 5.41) is 6.05. The van der Waals surface area contributed by atoms with Gasteiger partial charge in [0.15, 0.2) is 0 Å². The van der Waals surface area contributed by atoms with E-state index in [0.717, 1.165) is 16.5 Å². The van der Waals surface area contributed by atoms with E-state index >= 15 is 0 Å². The van der Waals surface area contributed by atoms with Crippen molar-refractivity contribution in [3.63, 3.8) is 0 Å². The third-order valence-electron chi connectivity index (χ3n) is 5.46. The quantitative estimate of drug-likeness (QED) is 0.351. The van der Waals surface area contributed by atoms with Crippen LogP contribution in [0.3, 0.4) is 0 Å². The number of sulfonamides is 1. The van der Waals surface area contributed by atoms with Crippen molar-refractivity contribution in [2.24, 2.45) is 5.14 Å². The highest BCUT2D eigenvalue weighted by Gasteiger charge is 2.14. The van der Waals surface area contributed by atoms with Crippen LogP contribution < -0.4 is 9.88 Å². The zero-order valence-electron chi connectivity index (χ0n) is 17.9. The van der Waals surface area contributed by atoms with Gasteiger partial charge in [-0.2, -0.15) is 0 Å². The van der Waals surface area contributed by atoms with Crippen molar-refractivity contribution < 1.29 is 17.5 Å². The van der Waals surface area contributed by atoms with Crippen molar-refractivity contribution in [2.75, 3.05) is 0 Å². The lowest BCUT2D eigenvalue weighted by Crippen LogP contribution is -2.11. The number of aromatic nitrogens is 2. The van der Waals surface area contributed by atoms with Gasteiger partial charge in [0.25, 0.3) is 0 Å². The molecule has 2 aromatic heterocycles. The first kappa shape index (κ1) is 21.8. The van der Waals surface area contributed by atoms with Gasteiger partial charge in [0.05, 0.1) is 4.90 Å². The molecule has 0 spiro atoms. The molecule has 3 aromatic carbocycles. The Morgan fingerprint density at radius 1 is 0.912 bits per heavy atom. The van der Waals surface area contributed by atoms with Crippen LogP contribution in [-0.4, -0.2) is 18.4 Å². The standard InChI is InChI=1S/C26H20FN3O3S/c27-21-9-19(10-22(13-21)33-16-17-5-2-1-3-6-17)20-12-24-25(15-30-26(24)29-14-20)18-7-4-8-23(11-18)34(28,31)32/h1-15H,16H2,(H,29,30)(H2,28,31,32). The second-order valence-electron chi connectivity index (χ2n) is 7.85. The largest absolute Gasteiger partial charge is 0.489 e. The highest BCUT2D eigenvalue weighted by molar-refractivity contribution is 7.89. The Morgan fingerprint density at radius 3 is 2.53 bits per heavy atom. The topological polar surface area (TPSA) is 98.1 Å². The Bertz CT molecular complexity index is 1600. The maximum absolute atomic E-state index is 14.4. The Labute approximate surface area is 195 Å². The predicted octanol–water partition coefficient (Wildman–Crippen LogP) is 5.26.